The molecular formula is CMgO5Ti. The van der Waals surface area contributed by atoms with Gasteiger partial charge in [-0.25, -0.2) is 0 Å². The number of hydrogen-bond acceptors (Lipinski definition) is 5. The van der Waals surface area contributed by atoms with E-state index in [1.54, 1.807) is 0 Å². The molecule has 0 aliphatic heterocycles. The summed E-state index contributed by atoms with van der Waals surface area (Å²) in [5.41, 5.74) is 0. The molecule has 0 aliphatic rings. The Morgan fingerprint density at radius 1 is 1.25 bits per heavy atom. The molecule has 0 radical (unpaired) electrons. The number of carbonyl (C=O) groups excluding carboxylic acids is 1. The summed E-state index contributed by atoms with van der Waals surface area (Å²) < 4.78 is 16.5. The molecule has 5 nitrogen and oxygen atoms in total. The van der Waals surface area contributed by atoms with E-state index in [0.29, 0.717) is 21.7 Å². The van der Waals surface area contributed by atoms with Gasteiger partial charge >= 0.3 is 48.6 Å². The predicted molar refractivity (Wildman–Crippen MR) is 12.5 cm³/mol. The fourth-order valence-corrected chi connectivity index (χ4v) is 0. The van der Waals surface area contributed by atoms with Crippen molar-refractivity contribution in [1.82, 2.24) is 0 Å². The van der Waals surface area contributed by atoms with Gasteiger partial charge < -0.3 is 15.0 Å². The Bertz CT molecular complexity index is 50.4. The fraction of sp³-hybridized carbons (Fsp3) is 0. The summed E-state index contributed by atoms with van der Waals surface area (Å²) in [5.74, 6) is 0. The third-order valence-electron chi connectivity index (χ3n) is 0. The average Bonchev–Trinajstić information content (AvgIpc) is 1.75. The number of carbonyl (C=O) groups is 1. The van der Waals surface area contributed by atoms with Crippen LogP contribution in [0.5, 0.6) is 0 Å². The molecule has 0 amide bonds. The molecule has 0 heterocycles. The zero-order valence-electron chi connectivity index (χ0n) is 3.75. The first-order valence-electron chi connectivity index (χ1n) is 1.11. The monoisotopic (exact) mass is 164 g/mol. The van der Waals surface area contributed by atoms with Crippen molar-refractivity contribution in [3.63, 3.8) is 0 Å². The first-order valence-corrected chi connectivity index (χ1v) is 2.32. The van der Waals surface area contributed by atoms with E-state index in [2.05, 4.69) is 0 Å². The minimum atomic E-state index is -2.33. The molecular weight excluding hydrogens is 164 g/mol. The van der Waals surface area contributed by atoms with Gasteiger partial charge in [-0.2, -0.15) is 0 Å². The van der Waals surface area contributed by atoms with Crippen LogP contribution < -0.4 is 10.2 Å². The van der Waals surface area contributed by atoms with Crippen molar-refractivity contribution >= 4 is 27.8 Å². The van der Waals surface area contributed by atoms with Crippen LogP contribution in [0.15, 0.2) is 0 Å². The maximum atomic E-state index is 8.33. The van der Waals surface area contributed by atoms with Crippen molar-refractivity contribution in [3.8, 4) is 0 Å². The number of carboxylic acid groups (broad SMARTS) is 2. The van der Waals surface area contributed by atoms with E-state index in [9.17, 15) is 0 Å². The van der Waals surface area contributed by atoms with Gasteiger partial charge in [0.25, 0.3) is 0 Å². The molecule has 0 spiro atoms. The van der Waals surface area contributed by atoms with E-state index < -0.39 is 6.16 Å². The predicted octanol–water partition coefficient (Wildman–Crippen LogP) is -3.07. The Kier molecular flexibility index (Phi) is 52.0. The molecule has 0 bridgehead atoms. The van der Waals surface area contributed by atoms with E-state index in [1.165, 1.54) is 0 Å². The summed E-state index contributed by atoms with van der Waals surface area (Å²) in [6, 6.07) is 0. The second-order valence-corrected chi connectivity index (χ2v) is 0.250. The summed E-state index contributed by atoms with van der Waals surface area (Å²) >= 11 is 1.36. The van der Waals surface area contributed by atoms with E-state index in [4.69, 9.17) is 21.5 Å². The van der Waals surface area contributed by atoms with Crippen molar-refractivity contribution < 1.29 is 41.9 Å². The van der Waals surface area contributed by atoms with Crippen LogP contribution in [0.25, 0.3) is 0 Å². The van der Waals surface area contributed by atoms with Gasteiger partial charge in [0.15, 0.2) is 0 Å². The fourth-order valence-electron chi connectivity index (χ4n) is 0. The molecule has 0 N–H and O–H groups in total. The molecule has 0 aromatic rings. The molecule has 0 fully saturated rings. The summed E-state index contributed by atoms with van der Waals surface area (Å²) in [6.45, 7) is 0. The SMILES string of the molecule is O=C([O-])[O-].[O]=[Mg].[O]=[Ti+2]. The average molecular weight is 164 g/mol. The molecule has 8 heavy (non-hydrogen) atoms. The van der Waals surface area contributed by atoms with Crippen LogP contribution in [0.2, 0.25) is 0 Å². The van der Waals surface area contributed by atoms with Crippen molar-refractivity contribution in [3.05, 3.63) is 0 Å². The van der Waals surface area contributed by atoms with Crippen LogP contribution in [0.4, 0.5) is 4.79 Å². The van der Waals surface area contributed by atoms with E-state index in [0.717, 1.165) is 20.4 Å². The van der Waals surface area contributed by atoms with Crippen LogP contribution in [-0.4, -0.2) is 27.8 Å². The van der Waals surface area contributed by atoms with Gasteiger partial charge in [-0.1, -0.05) is 0 Å². The van der Waals surface area contributed by atoms with Crippen molar-refractivity contribution in [1.29, 1.82) is 0 Å². The second-order valence-electron chi connectivity index (χ2n) is 0.250. The molecule has 0 rings (SSSR count). The van der Waals surface area contributed by atoms with Crippen LogP contribution >= 0.6 is 0 Å². The molecule has 0 saturated heterocycles. The molecule has 0 saturated carbocycles. The van der Waals surface area contributed by atoms with Crippen LogP contribution in [0.1, 0.15) is 0 Å². The maximum absolute atomic E-state index is 8.33. The molecule has 0 aromatic carbocycles. The third-order valence-corrected chi connectivity index (χ3v) is 0. The zero-order valence-corrected chi connectivity index (χ0v) is 6.72. The second kappa shape index (κ2) is 26.4. The molecule has 40 valence electrons. The zero-order chi connectivity index (χ0) is 7.58. The van der Waals surface area contributed by atoms with Crippen LogP contribution in [0, 0.1) is 0 Å². The first kappa shape index (κ1) is 15.8. The van der Waals surface area contributed by atoms with Crippen LogP contribution in [-0.2, 0) is 26.9 Å². The van der Waals surface area contributed by atoms with Gasteiger partial charge in [-0.15, -0.1) is 0 Å². The Morgan fingerprint density at radius 2 is 1.25 bits per heavy atom. The first-order chi connectivity index (χ1) is 3.73. The minimum absolute atomic E-state index is 0.611. The van der Waals surface area contributed by atoms with Gasteiger partial charge in [0.1, 0.15) is 0 Å². The summed E-state index contributed by atoms with van der Waals surface area (Å²) in [4.78, 5) is 8.33. The van der Waals surface area contributed by atoms with E-state index in [1.807, 2.05) is 0 Å². The van der Waals surface area contributed by atoms with Gasteiger partial charge in [0, 0.05) is 0 Å². The topological polar surface area (TPSA) is 97.3 Å². The van der Waals surface area contributed by atoms with Gasteiger partial charge in [0.2, 0.25) is 0 Å². The normalized spacial score (nSPS) is 4.50. The molecule has 0 aromatic heterocycles. The van der Waals surface area contributed by atoms with Gasteiger partial charge in [-0.3, -0.25) is 0 Å². The molecule has 7 heteroatoms. The summed E-state index contributed by atoms with van der Waals surface area (Å²) in [5, 5.41) is 16.7. The van der Waals surface area contributed by atoms with E-state index >= 15 is 0 Å². The quantitative estimate of drug-likeness (QED) is 0.354. The Balaban J connectivity index is -0.0000000542. The molecule has 0 atom stereocenters. The van der Waals surface area contributed by atoms with Crippen molar-refractivity contribution in [2.75, 3.05) is 0 Å². The Morgan fingerprint density at radius 3 is 1.25 bits per heavy atom. The Hall–Kier alpha value is 0.351. The molecule has 0 aliphatic carbocycles. The van der Waals surface area contributed by atoms with E-state index in [-0.39, 0.29) is 0 Å². The molecule has 0 unspecified atom stereocenters. The summed E-state index contributed by atoms with van der Waals surface area (Å²) in [7, 11) is 0. The van der Waals surface area contributed by atoms with Crippen molar-refractivity contribution in [2.24, 2.45) is 0 Å². The van der Waals surface area contributed by atoms with Crippen molar-refractivity contribution in [2.45, 2.75) is 0 Å². The standard InChI is InChI=1S/CH2O3.Mg.2O.Ti/c2-1(3)4;;;;/h(H2,2,3,4);;;;/q;;;;+2/p-2. The van der Waals surface area contributed by atoms with Gasteiger partial charge in [-0.05, 0) is 6.16 Å². The summed E-state index contributed by atoms with van der Waals surface area (Å²) in [6.07, 6.45) is -2.33. The number of rotatable bonds is 0. The van der Waals surface area contributed by atoms with Crippen LogP contribution in [0.3, 0.4) is 0 Å². The third kappa shape index (κ3) is 1480. The van der Waals surface area contributed by atoms with Gasteiger partial charge in [0.05, 0.1) is 0 Å². The Labute approximate surface area is 69.6 Å². The number of hydrogen-bond donors (Lipinski definition) is 0.